The highest BCUT2D eigenvalue weighted by Crippen LogP contribution is 2.33. The van der Waals surface area contributed by atoms with Gasteiger partial charge in [0.1, 0.15) is 5.75 Å². The Hall–Kier alpha value is -1.06. The maximum Gasteiger partial charge on any atom is 0.120 e. The van der Waals surface area contributed by atoms with Crippen molar-refractivity contribution >= 4 is 0 Å². The van der Waals surface area contributed by atoms with Crippen LogP contribution in [-0.4, -0.2) is 16.3 Å². The Balaban J connectivity index is 2.08. The molecule has 1 aliphatic rings. The van der Waals surface area contributed by atoms with E-state index in [1.54, 1.807) is 18.2 Å². The van der Waals surface area contributed by atoms with Gasteiger partial charge in [-0.25, -0.2) is 0 Å². The number of hydrogen-bond acceptors (Lipinski definition) is 3. The summed E-state index contributed by atoms with van der Waals surface area (Å²) >= 11 is 0. The molecular weight excluding hydrogens is 214 g/mol. The molecule has 0 bridgehead atoms. The monoisotopic (exact) mass is 235 g/mol. The second-order valence-corrected chi connectivity index (χ2v) is 4.97. The molecule has 0 radical (unpaired) electrons. The van der Waals surface area contributed by atoms with Gasteiger partial charge in [0.15, 0.2) is 0 Å². The molecule has 4 N–H and O–H groups in total. The van der Waals surface area contributed by atoms with Crippen molar-refractivity contribution in [3.63, 3.8) is 0 Å². The van der Waals surface area contributed by atoms with Gasteiger partial charge in [0.25, 0.3) is 0 Å². The van der Waals surface area contributed by atoms with Crippen molar-refractivity contribution in [1.29, 1.82) is 0 Å². The Morgan fingerprint density at radius 1 is 1.12 bits per heavy atom. The van der Waals surface area contributed by atoms with E-state index in [4.69, 9.17) is 5.73 Å². The number of rotatable bonds is 3. The summed E-state index contributed by atoms with van der Waals surface area (Å²) in [6.45, 7) is 0. The van der Waals surface area contributed by atoms with Crippen molar-refractivity contribution in [1.82, 2.24) is 0 Å². The molecule has 1 fully saturated rings. The molecule has 0 spiro atoms. The molecular formula is C14H21NO2. The third kappa shape index (κ3) is 2.79. The summed E-state index contributed by atoms with van der Waals surface area (Å²) < 4.78 is 0. The summed E-state index contributed by atoms with van der Waals surface area (Å²) in [5.41, 5.74) is 6.70. The molecule has 0 unspecified atom stereocenters. The van der Waals surface area contributed by atoms with E-state index in [0.29, 0.717) is 5.56 Å². The van der Waals surface area contributed by atoms with Crippen molar-refractivity contribution in [3.05, 3.63) is 29.8 Å². The molecule has 0 heterocycles. The molecule has 0 aromatic heterocycles. The number of para-hydroxylation sites is 1. The van der Waals surface area contributed by atoms with Crippen LogP contribution in [0.2, 0.25) is 0 Å². The van der Waals surface area contributed by atoms with E-state index < -0.39 is 12.1 Å². The molecule has 2 rings (SSSR count). The Bertz CT molecular complexity index is 361. The van der Waals surface area contributed by atoms with Crippen LogP contribution < -0.4 is 5.73 Å². The Labute approximate surface area is 102 Å². The van der Waals surface area contributed by atoms with E-state index in [9.17, 15) is 10.2 Å². The van der Waals surface area contributed by atoms with Gasteiger partial charge in [-0.2, -0.15) is 0 Å². The summed E-state index contributed by atoms with van der Waals surface area (Å²) in [7, 11) is 0. The standard InChI is InChI=1S/C14H21NO2/c15-13(11-8-4-5-9-12(11)16)14(17)10-6-2-1-3-7-10/h4-5,8-10,13-14,16-17H,1-3,6-7,15H2/t13-,14+/m1/s1. The summed E-state index contributed by atoms with van der Waals surface area (Å²) in [6, 6.07) is 6.51. The highest BCUT2D eigenvalue weighted by atomic mass is 16.3. The van der Waals surface area contributed by atoms with Crippen molar-refractivity contribution in [2.75, 3.05) is 0 Å². The van der Waals surface area contributed by atoms with Crippen LogP contribution >= 0.6 is 0 Å². The van der Waals surface area contributed by atoms with Gasteiger partial charge in [-0.1, -0.05) is 37.5 Å². The second-order valence-electron chi connectivity index (χ2n) is 4.97. The third-order valence-corrected chi connectivity index (χ3v) is 3.80. The lowest BCUT2D eigenvalue weighted by molar-refractivity contribution is 0.0611. The predicted octanol–water partition coefficient (Wildman–Crippen LogP) is 2.33. The molecule has 3 heteroatoms. The van der Waals surface area contributed by atoms with Crippen LogP contribution in [0.15, 0.2) is 24.3 Å². The van der Waals surface area contributed by atoms with Crippen LogP contribution in [0.25, 0.3) is 0 Å². The minimum Gasteiger partial charge on any atom is -0.508 e. The summed E-state index contributed by atoms with van der Waals surface area (Å²) in [5.74, 6) is 0.452. The first-order valence-corrected chi connectivity index (χ1v) is 6.41. The van der Waals surface area contributed by atoms with Crippen LogP contribution in [0.1, 0.15) is 43.7 Å². The lowest BCUT2D eigenvalue weighted by atomic mass is 9.81. The molecule has 1 aliphatic carbocycles. The van der Waals surface area contributed by atoms with Crippen LogP contribution in [0.5, 0.6) is 5.75 Å². The maximum atomic E-state index is 10.3. The zero-order valence-electron chi connectivity index (χ0n) is 10.0. The predicted molar refractivity (Wildman–Crippen MR) is 67.6 cm³/mol. The van der Waals surface area contributed by atoms with E-state index in [1.165, 1.54) is 19.3 Å². The lowest BCUT2D eigenvalue weighted by Gasteiger charge is -2.30. The fourth-order valence-electron chi connectivity index (χ4n) is 2.72. The zero-order chi connectivity index (χ0) is 12.3. The second kappa shape index (κ2) is 5.52. The largest absolute Gasteiger partial charge is 0.508 e. The molecule has 1 saturated carbocycles. The molecule has 17 heavy (non-hydrogen) atoms. The minimum atomic E-state index is -0.552. The fourth-order valence-corrected chi connectivity index (χ4v) is 2.72. The van der Waals surface area contributed by atoms with Crippen molar-refractivity contribution in [2.45, 2.75) is 44.2 Å². The van der Waals surface area contributed by atoms with Gasteiger partial charge in [-0.3, -0.25) is 0 Å². The molecule has 0 amide bonds. The van der Waals surface area contributed by atoms with Crippen LogP contribution in [0, 0.1) is 5.92 Å². The Kier molecular flexibility index (Phi) is 4.02. The number of aliphatic hydroxyl groups is 1. The lowest BCUT2D eigenvalue weighted by Crippen LogP contribution is -2.34. The average Bonchev–Trinajstić information content (AvgIpc) is 2.39. The molecule has 0 aliphatic heterocycles. The van der Waals surface area contributed by atoms with E-state index in [-0.39, 0.29) is 11.7 Å². The fraction of sp³-hybridized carbons (Fsp3) is 0.571. The first-order chi connectivity index (χ1) is 8.20. The van der Waals surface area contributed by atoms with Crippen molar-refractivity contribution in [3.8, 4) is 5.75 Å². The quantitative estimate of drug-likeness (QED) is 0.753. The molecule has 1 aromatic carbocycles. The Morgan fingerprint density at radius 2 is 1.76 bits per heavy atom. The van der Waals surface area contributed by atoms with Gasteiger partial charge in [0.2, 0.25) is 0 Å². The number of aromatic hydroxyl groups is 1. The van der Waals surface area contributed by atoms with E-state index in [0.717, 1.165) is 12.8 Å². The van der Waals surface area contributed by atoms with Crippen LogP contribution in [0.4, 0.5) is 0 Å². The smallest absolute Gasteiger partial charge is 0.120 e. The first kappa shape index (κ1) is 12.4. The highest BCUT2D eigenvalue weighted by Gasteiger charge is 2.28. The topological polar surface area (TPSA) is 66.5 Å². The Morgan fingerprint density at radius 3 is 2.41 bits per heavy atom. The van der Waals surface area contributed by atoms with E-state index in [1.807, 2.05) is 6.07 Å². The number of aliphatic hydroxyl groups excluding tert-OH is 1. The number of nitrogens with two attached hydrogens (primary N) is 1. The number of phenolic OH excluding ortho intramolecular Hbond substituents is 1. The first-order valence-electron chi connectivity index (χ1n) is 6.41. The van der Waals surface area contributed by atoms with Gasteiger partial charge in [-0.05, 0) is 24.8 Å². The van der Waals surface area contributed by atoms with E-state index in [2.05, 4.69) is 0 Å². The van der Waals surface area contributed by atoms with Gasteiger partial charge >= 0.3 is 0 Å². The molecule has 1 aromatic rings. The van der Waals surface area contributed by atoms with Gasteiger partial charge in [0, 0.05) is 5.56 Å². The van der Waals surface area contributed by atoms with Gasteiger partial charge < -0.3 is 15.9 Å². The summed E-state index contributed by atoms with van der Waals surface area (Å²) in [4.78, 5) is 0. The summed E-state index contributed by atoms with van der Waals surface area (Å²) in [5, 5.41) is 20.0. The normalized spacial score (nSPS) is 21.1. The van der Waals surface area contributed by atoms with Crippen LogP contribution in [-0.2, 0) is 0 Å². The van der Waals surface area contributed by atoms with Gasteiger partial charge in [-0.15, -0.1) is 0 Å². The SMILES string of the molecule is N[C@H](c1ccccc1O)[C@@H](O)C1CCCCC1. The van der Waals surface area contributed by atoms with Crippen LogP contribution in [0.3, 0.4) is 0 Å². The molecule has 3 nitrogen and oxygen atoms in total. The number of hydrogen-bond donors (Lipinski definition) is 3. The van der Waals surface area contributed by atoms with Crippen molar-refractivity contribution < 1.29 is 10.2 Å². The number of benzene rings is 1. The average molecular weight is 235 g/mol. The number of phenols is 1. The van der Waals surface area contributed by atoms with Crippen molar-refractivity contribution in [2.24, 2.45) is 11.7 Å². The zero-order valence-corrected chi connectivity index (χ0v) is 10.0. The molecule has 0 saturated heterocycles. The summed E-state index contributed by atoms with van der Waals surface area (Å²) in [6.07, 6.45) is 5.15. The molecule has 2 atom stereocenters. The maximum absolute atomic E-state index is 10.3. The van der Waals surface area contributed by atoms with E-state index >= 15 is 0 Å². The van der Waals surface area contributed by atoms with Gasteiger partial charge in [0.05, 0.1) is 12.1 Å². The highest BCUT2D eigenvalue weighted by molar-refractivity contribution is 5.35. The third-order valence-electron chi connectivity index (χ3n) is 3.80. The molecule has 94 valence electrons. The minimum absolute atomic E-state index is 0.176.